The smallest absolute Gasteiger partial charge is 0.260 e. The van der Waals surface area contributed by atoms with Crippen molar-refractivity contribution in [3.05, 3.63) is 48.0 Å². The van der Waals surface area contributed by atoms with E-state index in [1.165, 1.54) is 7.11 Å². The molecule has 3 rings (SSSR count). The normalized spacial score (nSPS) is 14.0. The fourth-order valence-corrected chi connectivity index (χ4v) is 3.49. The molecule has 8 nitrogen and oxygen atoms in total. The molecule has 0 atom stereocenters. The van der Waals surface area contributed by atoms with Crippen molar-refractivity contribution >= 4 is 11.8 Å². The van der Waals surface area contributed by atoms with Gasteiger partial charge in [-0.15, -0.1) is 0 Å². The van der Waals surface area contributed by atoms with E-state index in [9.17, 15) is 9.59 Å². The molecular formula is C23H28N2O6. The number of methoxy groups -OCH3 is 3. The van der Waals surface area contributed by atoms with Gasteiger partial charge in [0.25, 0.3) is 11.8 Å². The number of benzene rings is 2. The van der Waals surface area contributed by atoms with Crippen LogP contribution in [0.4, 0.5) is 0 Å². The zero-order chi connectivity index (χ0) is 22.2. The summed E-state index contributed by atoms with van der Waals surface area (Å²) in [5.41, 5.74) is 0.501. The monoisotopic (exact) mass is 428 g/mol. The first-order valence-electron chi connectivity index (χ1n) is 10.1. The van der Waals surface area contributed by atoms with Crippen LogP contribution in [0.5, 0.6) is 23.0 Å². The van der Waals surface area contributed by atoms with Gasteiger partial charge in [-0.2, -0.15) is 0 Å². The maximum Gasteiger partial charge on any atom is 0.260 e. The van der Waals surface area contributed by atoms with E-state index < -0.39 is 0 Å². The molecule has 0 spiro atoms. The number of piperidine rings is 1. The number of rotatable bonds is 8. The largest absolute Gasteiger partial charge is 0.493 e. The van der Waals surface area contributed by atoms with Crippen molar-refractivity contribution in [1.82, 2.24) is 10.2 Å². The van der Waals surface area contributed by atoms with Gasteiger partial charge in [0.1, 0.15) is 0 Å². The standard InChI is InChI=1S/C23H28N2O6/c1-28-18-6-4-5-7-20(18)31-15-22(26)25-12-10-17(11-13-25)24-23(27)16-8-9-19(29-2)21(14-16)30-3/h4-9,14,17H,10-13,15H2,1-3H3,(H,24,27). The lowest BCUT2D eigenvalue weighted by Gasteiger charge is -2.32. The first-order valence-corrected chi connectivity index (χ1v) is 10.1. The SMILES string of the molecule is COc1ccc(C(=O)NC2CCN(C(=O)COc3ccccc3OC)CC2)cc1OC. The number of hydrogen-bond acceptors (Lipinski definition) is 6. The lowest BCUT2D eigenvalue weighted by molar-refractivity contribution is -0.134. The van der Waals surface area contributed by atoms with Crippen molar-refractivity contribution in [3.8, 4) is 23.0 Å². The number of nitrogens with zero attached hydrogens (tertiary/aromatic N) is 1. The summed E-state index contributed by atoms with van der Waals surface area (Å²) in [6.45, 7) is 1.07. The van der Waals surface area contributed by atoms with Crippen LogP contribution in [0.2, 0.25) is 0 Å². The Balaban J connectivity index is 1.48. The maximum atomic E-state index is 12.6. The molecule has 8 heteroatoms. The Hall–Kier alpha value is -3.42. The minimum absolute atomic E-state index is 0.000202. The fourth-order valence-electron chi connectivity index (χ4n) is 3.49. The zero-order valence-electron chi connectivity index (χ0n) is 18.1. The van der Waals surface area contributed by atoms with Crippen molar-refractivity contribution < 1.29 is 28.5 Å². The molecule has 1 N–H and O–H groups in total. The summed E-state index contributed by atoms with van der Waals surface area (Å²) in [6.07, 6.45) is 1.36. The molecule has 0 unspecified atom stereocenters. The van der Waals surface area contributed by atoms with Crippen LogP contribution in [0.15, 0.2) is 42.5 Å². The predicted octanol–water partition coefficient (Wildman–Crippen LogP) is 2.51. The molecule has 0 bridgehead atoms. The quantitative estimate of drug-likeness (QED) is 0.695. The zero-order valence-corrected chi connectivity index (χ0v) is 18.1. The number of carbonyl (C=O) groups is 2. The second kappa shape index (κ2) is 10.6. The Labute approximate surface area is 182 Å². The molecule has 0 radical (unpaired) electrons. The lowest BCUT2D eigenvalue weighted by atomic mass is 10.0. The van der Waals surface area contributed by atoms with Gasteiger partial charge in [-0.1, -0.05) is 12.1 Å². The molecule has 0 aliphatic carbocycles. The van der Waals surface area contributed by atoms with Gasteiger partial charge in [-0.05, 0) is 43.2 Å². The van der Waals surface area contributed by atoms with E-state index in [1.54, 1.807) is 49.5 Å². The number of ether oxygens (including phenoxy) is 4. The van der Waals surface area contributed by atoms with Crippen LogP contribution in [-0.2, 0) is 4.79 Å². The van der Waals surface area contributed by atoms with Crippen LogP contribution in [0.25, 0.3) is 0 Å². The summed E-state index contributed by atoms with van der Waals surface area (Å²) < 4.78 is 21.3. The van der Waals surface area contributed by atoms with E-state index in [2.05, 4.69) is 5.32 Å². The molecule has 166 valence electrons. The Morgan fingerprint density at radius 3 is 2.16 bits per heavy atom. The van der Waals surface area contributed by atoms with Crippen molar-refractivity contribution in [3.63, 3.8) is 0 Å². The minimum Gasteiger partial charge on any atom is -0.493 e. The highest BCUT2D eigenvalue weighted by Gasteiger charge is 2.25. The molecule has 31 heavy (non-hydrogen) atoms. The molecule has 2 aromatic rings. The first kappa shape index (κ1) is 22.3. The van der Waals surface area contributed by atoms with Crippen molar-refractivity contribution in [2.45, 2.75) is 18.9 Å². The average Bonchev–Trinajstić information content (AvgIpc) is 2.82. The molecule has 2 amide bonds. The Kier molecular flexibility index (Phi) is 7.59. The summed E-state index contributed by atoms with van der Waals surface area (Å²) in [5.74, 6) is 1.94. The van der Waals surface area contributed by atoms with Crippen molar-refractivity contribution in [2.24, 2.45) is 0 Å². The molecule has 1 saturated heterocycles. The molecule has 1 aliphatic rings. The van der Waals surface area contributed by atoms with E-state index in [0.29, 0.717) is 54.5 Å². The summed E-state index contributed by atoms with van der Waals surface area (Å²) in [7, 11) is 4.64. The van der Waals surface area contributed by atoms with Crippen LogP contribution < -0.4 is 24.3 Å². The Bertz CT molecular complexity index is 909. The van der Waals surface area contributed by atoms with Crippen LogP contribution in [0.3, 0.4) is 0 Å². The van der Waals surface area contributed by atoms with E-state index in [-0.39, 0.29) is 24.5 Å². The van der Waals surface area contributed by atoms with Crippen LogP contribution in [-0.4, -0.2) is 63.8 Å². The maximum absolute atomic E-state index is 12.6. The van der Waals surface area contributed by atoms with Gasteiger partial charge in [0.15, 0.2) is 29.6 Å². The van der Waals surface area contributed by atoms with E-state index in [4.69, 9.17) is 18.9 Å². The van der Waals surface area contributed by atoms with Crippen molar-refractivity contribution in [2.75, 3.05) is 41.0 Å². The second-order valence-corrected chi connectivity index (χ2v) is 7.14. The van der Waals surface area contributed by atoms with Crippen LogP contribution >= 0.6 is 0 Å². The van der Waals surface area contributed by atoms with E-state index >= 15 is 0 Å². The molecule has 2 aromatic carbocycles. The van der Waals surface area contributed by atoms with Gasteiger partial charge in [0.05, 0.1) is 21.3 Å². The van der Waals surface area contributed by atoms with E-state index in [1.807, 2.05) is 12.1 Å². The molecular weight excluding hydrogens is 400 g/mol. The number of hydrogen-bond donors (Lipinski definition) is 1. The third-order valence-corrected chi connectivity index (χ3v) is 5.25. The molecule has 1 aliphatic heterocycles. The predicted molar refractivity (Wildman–Crippen MR) is 115 cm³/mol. The van der Waals surface area contributed by atoms with Gasteiger partial charge in [-0.3, -0.25) is 9.59 Å². The highest BCUT2D eigenvalue weighted by atomic mass is 16.5. The number of para-hydroxylation sites is 2. The number of carbonyl (C=O) groups excluding carboxylic acids is 2. The highest BCUT2D eigenvalue weighted by molar-refractivity contribution is 5.95. The number of likely N-dealkylation sites (tertiary alicyclic amines) is 1. The topological polar surface area (TPSA) is 86.3 Å². The van der Waals surface area contributed by atoms with E-state index in [0.717, 1.165) is 0 Å². The van der Waals surface area contributed by atoms with Crippen molar-refractivity contribution in [1.29, 1.82) is 0 Å². The third-order valence-electron chi connectivity index (χ3n) is 5.25. The second-order valence-electron chi connectivity index (χ2n) is 7.14. The fraction of sp³-hybridized carbons (Fsp3) is 0.391. The summed E-state index contributed by atoms with van der Waals surface area (Å²) in [4.78, 5) is 26.9. The summed E-state index contributed by atoms with van der Waals surface area (Å²) in [5, 5.41) is 3.04. The molecule has 0 aromatic heterocycles. The summed E-state index contributed by atoms with van der Waals surface area (Å²) >= 11 is 0. The molecule has 0 saturated carbocycles. The van der Waals surface area contributed by atoms with Gasteiger partial charge in [0, 0.05) is 24.7 Å². The molecule has 1 fully saturated rings. The van der Waals surface area contributed by atoms with Gasteiger partial charge < -0.3 is 29.2 Å². The van der Waals surface area contributed by atoms with Gasteiger partial charge in [-0.25, -0.2) is 0 Å². The Morgan fingerprint density at radius 2 is 1.52 bits per heavy atom. The minimum atomic E-state index is -0.176. The van der Waals surface area contributed by atoms with Crippen LogP contribution in [0.1, 0.15) is 23.2 Å². The summed E-state index contributed by atoms with van der Waals surface area (Å²) in [6, 6.07) is 12.3. The third kappa shape index (κ3) is 5.59. The average molecular weight is 428 g/mol. The lowest BCUT2D eigenvalue weighted by Crippen LogP contribution is -2.47. The van der Waals surface area contributed by atoms with Crippen LogP contribution in [0, 0.1) is 0 Å². The van der Waals surface area contributed by atoms with Gasteiger partial charge in [0.2, 0.25) is 0 Å². The highest BCUT2D eigenvalue weighted by Crippen LogP contribution is 2.28. The number of amides is 2. The number of nitrogens with one attached hydrogen (secondary N) is 1. The first-order chi connectivity index (χ1) is 15.0. The Morgan fingerprint density at radius 1 is 0.903 bits per heavy atom. The van der Waals surface area contributed by atoms with Gasteiger partial charge >= 0.3 is 0 Å². The molecule has 1 heterocycles.